The van der Waals surface area contributed by atoms with Gasteiger partial charge in [0, 0.05) is 11.8 Å². The molecule has 0 fully saturated rings. The third-order valence-electron chi connectivity index (χ3n) is 2.88. The Labute approximate surface area is 110 Å². The Morgan fingerprint density at radius 1 is 1.37 bits per heavy atom. The van der Waals surface area contributed by atoms with Gasteiger partial charge in [-0.2, -0.15) is 15.6 Å². The summed E-state index contributed by atoms with van der Waals surface area (Å²) in [7, 11) is 0. The van der Waals surface area contributed by atoms with Crippen LogP contribution < -0.4 is 5.43 Å². The first kappa shape index (κ1) is 12.7. The van der Waals surface area contributed by atoms with Gasteiger partial charge in [-0.15, -0.1) is 0 Å². The van der Waals surface area contributed by atoms with E-state index in [1.807, 2.05) is 26.0 Å². The fourth-order valence-electron chi connectivity index (χ4n) is 1.91. The van der Waals surface area contributed by atoms with Gasteiger partial charge in [0.25, 0.3) is 0 Å². The van der Waals surface area contributed by atoms with E-state index in [0.29, 0.717) is 11.3 Å². The molecule has 1 aromatic carbocycles. The van der Waals surface area contributed by atoms with Crippen molar-refractivity contribution < 1.29 is 4.42 Å². The maximum absolute atomic E-state index is 8.64. The maximum atomic E-state index is 8.64. The number of hydrogen-bond acceptors (Lipinski definition) is 5. The normalized spacial score (nSPS) is 9.68. The van der Waals surface area contributed by atoms with Gasteiger partial charge in [-0.1, -0.05) is 19.1 Å². The Balaban J connectivity index is 2.49. The molecule has 0 atom stereocenters. The summed E-state index contributed by atoms with van der Waals surface area (Å²) in [4.78, 5) is 0. The second-order valence-corrected chi connectivity index (χ2v) is 3.98. The van der Waals surface area contributed by atoms with Gasteiger partial charge in [0.05, 0.1) is 5.69 Å². The molecule has 0 amide bonds. The first-order chi connectivity index (χ1) is 9.21. The highest BCUT2D eigenvalue weighted by Gasteiger charge is 2.11. The van der Waals surface area contributed by atoms with Crippen LogP contribution in [0.15, 0.2) is 27.7 Å². The molecule has 2 rings (SSSR count). The molecule has 1 heterocycles. The highest BCUT2D eigenvalue weighted by molar-refractivity contribution is 6.10. The zero-order valence-corrected chi connectivity index (χ0v) is 10.7. The minimum Gasteiger partial charge on any atom is -0.459 e. The van der Waals surface area contributed by atoms with Gasteiger partial charge in [-0.25, -0.2) is 0 Å². The average molecular weight is 252 g/mol. The number of rotatable bonds is 3. The summed E-state index contributed by atoms with van der Waals surface area (Å²) in [5.74, 6) is 0.925. The van der Waals surface area contributed by atoms with Crippen LogP contribution in [0.25, 0.3) is 11.0 Å². The van der Waals surface area contributed by atoms with Gasteiger partial charge >= 0.3 is 0 Å². The van der Waals surface area contributed by atoms with Crippen LogP contribution in [0.2, 0.25) is 0 Å². The smallest absolute Gasteiger partial charge is 0.237 e. The predicted molar refractivity (Wildman–Crippen MR) is 72.6 cm³/mol. The number of furan rings is 1. The number of hydrazone groups is 1. The van der Waals surface area contributed by atoms with Crippen LogP contribution in [0, 0.1) is 29.6 Å². The van der Waals surface area contributed by atoms with Crippen LogP contribution in [0.3, 0.4) is 0 Å². The van der Waals surface area contributed by atoms with E-state index in [1.165, 1.54) is 0 Å². The summed E-state index contributed by atoms with van der Waals surface area (Å²) in [5.41, 5.74) is 4.91. The number of hydrogen-bond donors (Lipinski definition) is 1. The van der Waals surface area contributed by atoms with Gasteiger partial charge in [0.15, 0.2) is 5.58 Å². The lowest BCUT2D eigenvalue weighted by atomic mass is 10.1. The topological polar surface area (TPSA) is 85.1 Å². The Morgan fingerprint density at radius 3 is 2.74 bits per heavy atom. The molecule has 2 aromatic rings. The van der Waals surface area contributed by atoms with Crippen molar-refractivity contribution in [2.24, 2.45) is 5.10 Å². The molecule has 0 aliphatic heterocycles. The minimum absolute atomic E-state index is 0.226. The summed E-state index contributed by atoms with van der Waals surface area (Å²) in [6.45, 7) is 4.03. The van der Waals surface area contributed by atoms with Crippen LogP contribution in [0.5, 0.6) is 0 Å². The molecule has 1 N–H and O–H groups in total. The molecule has 0 aliphatic carbocycles. The molecular formula is C14H12N4O. The maximum Gasteiger partial charge on any atom is 0.237 e. The van der Waals surface area contributed by atoms with Crippen molar-refractivity contribution >= 4 is 22.4 Å². The van der Waals surface area contributed by atoms with Crippen molar-refractivity contribution in [3.8, 4) is 12.1 Å². The van der Waals surface area contributed by atoms with Crippen LogP contribution in [0.1, 0.15) is 18.2 Å². The number of fused-ring (bicyclic) bond motifs is 1. The fourth-order valence-corrected chi connectivity index (χ4v) is 1.91. The van der Waals surface area contributed by atoms with Crippen LogP contribution in [-0.2, 0) is 6.42 Å². The summed E-state index contributed by atoms with van der Waals surface area (Å²) in [5, 5.41) is 22.0. The molecule has 5 nitrogen and oxygen atoms in total. The van der Waals surface area contributed by atoms with Crippen molar-refractivity contribution in [1.82, 2.24) is 0 Å². The summed E-state index contributed by atoms with van der Waals surface area (Å²) >= 11 is 0. The van der Waals surface area contributed by atoms with Crippen LogP contribution in [-0.4, -0.2) is 5.71 Å². The Hall–Kier alpha value is -2.79. The summed E-state index contributed by atoms with van der Waals surface area (Å²) < 4.78 is 5.78. The third kappa shape index (κ3) is 2.27. The first-order valence-electron chi connectivity index (χ1n) is 5.86. The van der Waals surface area contributed by atoms with Gasteiger partial charge in [-0.05, 0) is 18.6 Å². The van der Waals surface area contributed by atoms with E-state index in [1.54, 1.807) is 18.2 Å². The molecule has 0 aliphatic rings. The lowest BCUT2D eigenvalue weighted by Crippen LogP contribution is -1.96. The van der Waals surface area contributed by atoms with E-state index in [-0.39, 0.29) is 5.71 Å². The van der Waals surface area contributed by atoms with E-state index in [0.717, 1.165) is 23.1 Å². The highest BCUT2D eigenvalue weighted by Crippen LogP contribution is 2.31. The van der Waals surface area contributed by atoms with Crippen molar-refractivity contribution in [2.45, 2.75) is 20.3 Å². The SMILES string of the molecule is CCc1oc2c(NN=C(C#N)C#N)cccc2c1C. The van der Waals surface area contributed by atoms with Gasteiger partial charge in [0.1, 0.15) is 17.9 Å². The molecule has 5 heteroatoms. The van der Waals surface area contributed by atoms with Gasteiger partial charge in [0.2, 0.25) is 5.71 Å². The molecule has 0 spiro atoms. The molecule has 0 unspecified atom stereocenters. The zero-order valence-electron chi connectivity index (χ0n) is 10.7. The standard InChI is InChI=1S/C14H12N4O/c1-3-13-9(2)11-5-4-6-12(14(11)19-13)18-17-10(7-15)8-16/h4-6,18H,3H2,1-2H3. The van der Waals surface area contributed by atoms with E-state index in [2.05, 4.69) is 10.5 Å². The average Bonchev–Trinajstić information content (AvgIpc) is 2.77. The Kier molecular flexibility index (Phi) is 3.49. The van der Waals surface area contributed by atoms with Gasteiger partial charge in [-0.3, -0.25) is 5.43 Å². The highest BCUT2D eigenvalue weighted by atomic mass is 16.3. The molecular weight excluding hydrogens is 240 g/mol. The van der Waals surface area contributed by atoms with Crippen molar-refractivity contribution in [3.05, 3.63) is 29.5 Å². The summed E-state index contributed by atoms with van der Waals surface area (Å²) in [6, 6.07) is 9.02. The number of para-hydroxylation sites is 1. The molecule has 1 aromatic heterocycles. The zero-order chi connectivity index (χ0) is 13.8. The van der Waals surface area contributed by atoms with E-state index < -0.39 is 0 Å². The number of anilines is 1. The molecule has 0 saturated carbocycles. The van der Waals surface area contributed by atoms with E-state index in [4.69, 9.17) is 14.9 Å². The van der Waals surface area contributed by atoms with Gasteiger partial charge < -0.3 is 4.42 Å². The Bertz CT molecular complexity index is 712. The second-order valence-electron chi connectivity index (χ2n) is 3.98. The second kappa shape index (κ2) is 5.24. The van der Waals surface area contributed by atoms with Crippen LogP contribution in [0.4, 0.5) is 5.69 Å². The number of nitrogens with one attached hydrogen (secondary N) is 1. The molecule has 94 valence electrons. The van der Waals surface area contributed by atoms with Crippen molar-refractivity contribution in [1.29, 1.82) is 10.5 Å². The number of nitriles is 2. The van der Waals surface area contributed by atoms with Crippen molar-refractivity contribution in [3.63, 3.8) is 0 Å². The van der Waals surface area contributed by atoms with E-state index in [9.17, 15) is 0 Å². The third-order valence-corrected chi connectivity index (χ3v) is 2.88. The van der Waals surface area contributed by atoms with Crippen molar-refractivity contribution in [2.75, 3.05) is 5.43 Å². The molecule has 0 saturated heterocycles. The first-order valence-corrected chi connectivity index (χ1v) is 5.86. The molecule has 0 bridgehead atoms. The fraction of sp³-hybridized carbons (Fsp3) is 0.214. The molecule has 0 radical (unpaired) electrons. The summed E-state index contributed by atoms with van der Waals surface area (Å²) in [6.07, 6.45) is 0.810. The lowest BCUT2D eigenvalue weighted by molar-refractivity contribution is 0.554. The predicted octanol–water partition coefficient (Wildman–Crippen LogP) is 3.12. The number of nitrogens with zero attached hydrogens (tertiary/aromatic N) is 3. The van der Waals surface area contributed by atoms with Crippen LogP contribution >= 0.6 is 0 Å². The minimum atomic E-state index is -0.226. The quantitative estimate of drug-likeness (QED) is 0.671. The largest absolute Gasteiger partial charge is 0.459 e. The lowest BCUT2D eigenvalue weighted by Gasteiger charge is -2.00. The number of benzene rings is 1. The van der Waals surface area contributed by atoms with E-state index >= 15 is 0 Å². The number of aryl methyl sites for hydroxylation is 2. The molecule has 19 heavy (non-hydrogen) atoms. The Morgan fingerprint density at radius 2 is 2.11 bits per heavy atom. The monoisotopic (exact) mass is 252 g/mol.